The Bertz CT molecular complexity index is 699. The molecule has 0 unspecified atom stereocenters. The van der Waals surface area contributed by atoms with Gasteiger partial charge in [-0.2, -0.15) is 0 Å². The number of rotatable bonds is 6. The zero-order chi connectivity index (χ0) is 17.6. The molecule has 1 heterocycles. The van der Waals surface area contributed by atoms with E-state index < -0.39 is 0 Å². The first kappa shape index (κ1) is 20.7. The molecule has 2 aromatic rings. The molecule has 2 N–H and O–H groups in total. The number of benzene rings is 2. The lowest BCUT2D eigenvalue weighted by Gasteiger charge is -2.16. The fourth-order valence-electron chi connectivity index (χ4n) is 3.34. The molecule has 26 heavy (non-hydrogen) atoms. The first-order valence-corrected chi connectivity index (χ1v) is 9.57. The number of carbonyl (C=O) groups excluding carboxylic acids is 1. The lowest BCUT2D eigenvalue weighted by atomic mass is 9.89. The molecule has 0 aliphatic carbocycles. The minimum Gasteiger partial charge on any atom is -0.342 e. The maximum absolute atomic E-state index is 12.9. The highest BCUT2D eigenvalue weighted by molar-refractivity contribution is 7.99. The van der Waals surface area contributed by atoms with Crippen LogP contribution < -0.4 is 5.73 Å². The van der Waals surface area contributed by atoms with Gasteiger partial charge >= 0.3 is 0 Å². The van der Waals surface area contributed by atoms with Gasteiger partial charge in [-0.15, -0.1) is 24.2 Å². The summed E-state index contributed by atoms with van der Waals surface area (Å²) in [6, 6.07) is 16.7. The van der Waals surface area contributed by atoms with Gasteiger partial charge in [-0.25, -0.2) is 4.39 Å². The molecule has 0 bridgehead atoms. The predicted molar refractivity (Wildman–Crippen MR) is 107 cm³/mol. The molecule has 3 nitrogen and oxygen atoms in total. The van der Waals surface area contributed by atoms with Crippen molar-refractivity contribution in [3.05, 3.63) is 66.0 Å². The number of carbonyl (C=O) groups is 1. The van der Waals surface area contributed by atoms with Crippen molar-refractivity contribution >= 4 is 30.1 Å². The van der Waals surface area contributed by atoms with Crippen LogP contribution >= 0.6 is 24.2 Å². The lowest BCUT2D eigenvalue weighted by Crippen LogP contribution is -2.30. The minimum absolute atomic E-state index is 0. The second-order valence-electron chi connectivity index (χ2n) is 6.36. The summed E-state index contributed by atoms with van der Waals surface area (Å²) in [5.41, 5.74) is 7.20. The molecule has 2 atom stereocenters. The smallest absolute Gasteiger partial charge is 0.223 e. The standard InChI is InChI=1S/C20H23FN2OS.ClH/c21-17-6-8-18(9-7-17)25-11-10-20(24)23-13-16(12-22)19(14-23)15-4-2-1-3-5-15;/h1-9,16,19H,10-14,22H2;1H/t16-,19+;/m1./s1. The van der Waals surface area contributed by atoms with Crippen LogP contribution in [-0.4, -0.2) is 36.2 Å². The van der Waals surface area contributed by atoms with Crippen LogP contribution in [0.4, 0.5) is 4.39 Å². The van der Waals surface area contributed by atoms with E-state index in [4.69, 9.17) is 5.73 Å². The number of halogens is 2. The van der Waals surface area contributed by atoms with Gasteiger partial charge in [0.15, 0.2) is 0 Å². The van der Waals surface area contributed by atoms with E-state index in [1.54, 1.807) is 23.9 Å². The van der Waals surface area contributed by atoms with Crippen molar-refractivity contribution in [2.45, 2.75) is 17.2 Å². The SMILES string of the molecule is Cl.NC[C@@H]1CN(C(=O)CCSc2ccc(F)cc2)C[C@H]1c1ccccc1. The first-order chi connectivity index (χ1) is 12.2. The Morgan fingerprint density at radius 2 is 1.81 bits per heavy atom. The maximum atomic E-state index is 12.9. The molecule has 1 fully saturated rings. The molecule has 2 aromatic carbocycles. The van der Waals surface area contributed by atoms with E-state index in [1.807, 2.05) is 23.1 Å². The summed E-state index contributed by atoms with van der Waals surface area (Å²) in [6.07, 6.45) is 0.487. The van der Waals surface area contributed by atoms with Crippen molar-refractivity contribution in [2.75, 3.05) is 25.4 Å². The summed E-state index contributed by atoms with van der Waals surface area (Å²) >= 11 is 1.58. The van der Waals surface area contributed by atoms with Crippen molar-refractivity contribution in [2.24, 2.45) is 11.7 Å². The Morgan fingerprint density at radius 3 is 2.46 bits per heavy atom. The highest BCUT2D eigenvalue weighted by atomic mass is 35.5. The topological polar surface area (TPSA) is 46.3 Å². The Kier molecular flexibility index (Phi) is 7.94. The summed E-state index contributed by atoms with van der Waals surface area (Å²) in [5, 5.41) is 0. The molecule has 3 rings (SSSR count). The Morgan fingerprint density at radius 1 is 1.12 bits per heavy atom. The Balaban J connectivity index is 0.00000243. The Labute approximate surface area is 164 Å². The quantitative estimate of drug-likeness (QED) is 0.755. The minimum atomic E-state index is -0.239. The second-order valence-corrected chi connectivity index (χ2v) is 7.53. The molecular weight excluding hydrogens is 371 g/mol. The Hall–Kier alpha value is -1.56. The summed E-state index contributed by atoms with van der Waals surface area (Å²) in [7, 11) is 0. The molecular formula is C20H24ClFN2OS. The number of nitrogens with zero attached hydrogens (tertiary/aromatic N) is 1. The van der Waals surface area contributed by atoms with Gasteiger partial charge in [-0.3, -0.25) is 4.79 Å². The van der Waals surface area contributed by atoms with Gasteiger partial charge in [0.25, 0.3) is 0 Å². The van der Waals surface area contributed by atoms with Crippen LogP contribution in [0.1, 0.15) is 17.9 Å². The fraction of sp³-hybridized carbons (Fsp3) is 0.350. The van der Waals surface area contributed by atoms with Gasteiger partial charge in [-0.1, -0.05) is 30.3 Å². The number of amides is 1. The van der Waals surface area contributed by atoms with Gasteiger partial charge < -0.3 is 10.6 Å². The van der Waals surface area contributed by atoms with Crippen molar-refractivity contribution in [1.82, 2.24) is 4.90 Å². The first-order valence-electron chi connectivity index (χ1n) is 8.58. The van der Waals surface area contributed by atoms with Gasteiger partial charge in [0, 0.05) is 36.1 Å². The highest BCUT2D eigenvalue weighted by Gasteiger charge is 2.34. The van der Waals surface area contributed by atoms with E-state index >= 15 is 0 Å². The maximum Gasteiger partial charge on any atom is 0.223 e. The molecule has 6 heteroatoms. The monoisotopic (exact) mass is 394 g/mol. The van der Waals surface area contributed by atoms with Crippen LogP contribution in [0.25, 0.3) is 0 Å². The van der Waals surface area contributed by atoms with Gasteiger partial charge in [0.2, 0.25) is 5.91 Å². The highest BCUT2D eigenvalue weighted by Crippen LogP contribution is 2.32. The van der Waals surface area contributed by atoms with E-state index in [0.717, 1.165) is 18.0 Å². The van der Waals surface area contributed by atoms with Gasteiger partial charge in [-0.05, 0) is 42.3 Å². The molecule has 1 aliphatic rings. The van der Waals surface area contributed by atoms with Crippen LogP contribution in [0.2, 0.25) is 0 Å². The predicted octanol–water partition coefficient (Wildman–Crippen LogP) is 3.93. The van der Waals surface area contributed by atoms with E-state index in [1.165, 1.54) is 17.7 Å². The number of likely N-dealkylation sites (tertiary alicyclic amines) is 1. The third kappa shape index (κ3) is 5.22. The van der Waals surface area contributed by atoms with Gasteiger partial charge in [0.05, 0.1) is 0 Å². The van der Waals surface area contributed by atoms with Crippen LogP contribution in [0, 0.1) is 11.7 Å². The van der Waals surface area contributed by atoms with Crippen molar-refractivity contribution in [3.8, 4) is 0 Å². The molecule has 140 valence electrons. The van der Waals surface area contributed by atoms with Crippen molar-refractivity contribution in [3.63, 3.8) is 0 Å². The molecule has 0 saturated carbocycles. The zero-order valence-electron chi connectivity index (χ0n) is 14.5. The van der Waals surface area contributed by atoms with Crippen LogP contribution in [0.15, 0.2) is 59.5 Å². The van der Waals surface area contributed by atoms with E-state index in [9.17, 15) is 9.18 Å². The molecule has 0 spiro atoms. The number of thioether (sulfide) groups is 1. The zero-order valence-corrected chi connectivity index (χ0v) is 16.1. The summed E-state index contributed by atoms with van der Waals surface area (Å²) < 4.78 is 12.9. The number of hydrogen-bond acceptors (Lipinski definition) is 3. The second kappa shape index (κ2) is 9.95. The summed E-state index contributed by atoms with van der Waals surface area (Å²) in [5.74, 6) is 1.27. The van der Waals surface area contributed by atoms with Crippen LogP contribution in [-0.2, 0) is 4.79 Å². The van der Waals surface area contributed by atoms with Crippen LogP contribution in [0.5, 0.6) is 0 Å². The third-order valence-electron chi connectivity index (χ3n) is 4.72. The largest absolute Gasteiger partial charge is 0.342 e. The molecule has 1 saturated heterocycles. The average molecular weight is 395 g/mol. The van der Waals surface area contributed by atoms with Crippen LogP contribution in [0.3, 0.4) is 0 Å². The van der Waals surface area contributed by atoms with E-state index in [0.29, 0.717) is 30.6 Å². The summed E-state index contributed by atoms with van der Waals surface area (Å²) in [6.45, 7) is 2.07. The number of nitrogens with two attached hydrogens (primary N) is 1. The van der Waals surface area contributed by atoms with E-state index in [2.05, 4.69) is 12.1 Å². The summed E-state index contributed by atoms with van der Waals surface area (Å²) in [4.78, 5) is 15.5. The average Bonchev–Trinajstić information content (AvgIpc) is 3.08. The fourth-order valence-corrected chi connectivity index (χ4v) is 4.18. The number of hydrogen-bond donors (Lipinski definition) is 1. The normalized spacial score (nSPS) is 19.2. The molecule has 0 radical (unpaired) electrons. The van der Waals surface area contributed by atoms with Gasteiger partial charge in [0.1, 0.15) is 5.82 Å². The van der Waals surface area contributed by atoms with E-state index in [-0.39, 0.29) is 24.1 Å². The molecule has 0 aromatic heterocycles. The third-order valence-corrected chi connectivity index (χ3v) is 5.74. The molecule has 1 amide bonds. The van der Waals surface area contributed by atoms with Crippen molar-refractivity contribution < 1.29 is 9.18 Å². The lowest BCUT2D eigenvalue weighted by molar-refractivity contribution is -0.129. The molecule has 1 aliphatic heterocycles. The van der Waals surface area contributed by atoms with Crippen molar-refractivity contribution in [1.29, 1.82) is 0 Å².